The average Bonchev–Trinajstić information content (AvgIpc) is 3.06. The van der Waals surface area contributed by atoms with Crippen LogP contribution >= 0.6 is 11.3 Å². The number of hydrogen-bond donors (Lipinski definition) is 2. The van der Waals surface area contributed by atoms with Gasteiger partial charge in [0.15, 0.2) is 0 Å². The first-order valence-electron chi connectivity index (χ1n) is 7.43. The first-order valence-corrected chi connectivity index (χ1v) is 8.38. The van der Waals surface area contributed by atoms with E-state index in [2.05, 4.69) is 17.4 Å². The van der Waals surface area contributed by atoms with Gasteiger partial charge in [0, 0.05) is 19.2 Å². The predicted molar refractivity (Wildman–Crippen MR) is 91.9 cm³/mol. The summed E-state index contributed by atoms with van der Waals surface area (Å²) >= 11 is 1.61. The van der Waals surface area contributed by atoms with Crippen LogP contribution in [0, 0.1) is 0 Å². The highest BCUT2D eigenvalue weighted by molar-refractivity contribution is 7.08. The molecule has 0 saturated heterocycles. The minimum Gasteiger partial charge on any atom is -0.396 e. The van der Waals surface area contributed by atoms with Crippen molar-refractivity contribution in [3.05, 3.63) is 64.4 Å². The Labute approximate surface area is 135 Å². The number of hydrogen-bond acceptors (Lipinski definition) is 3. The highest BCUT2D eigenvalue weighted by atomic mass is 32.1. The molecular weight excluding hydrogens is 294 g/mol. The van der Waals surface area contributed by atoms with E-state index in [1.807, 2.05) is 41.1 Å². The zero-order chi connectivity index (χ0) is 15.6. The molecule has 1 unspecified atom stereocenters. The fraction of sp³-hybridized carbons (Fsp3) is 0.278. The molecule has 0 saturated carbocycles. The van der Waals surface area contributed by atoms with Crippen LogP contribution in [0.1, 0.15) is 29.9 Å². The Morgan fingerprint density at radius 3 is 2.73 bits per heavy atom. The molecule has 0 spiro atoms. The largest absolute Gasteiger partial charge is 0.396 e. The van der Waals surface area contributed by atoms with Gasteiger partial charge in [0.2, 0.25) is 5.91 Å². The third kappa shape index (κ3) is 5.47. The van der Waals surface area contributed by atoms with E-state index in [1.165, 1.54) is 5.56 Å². The summed E-state index contributed by atoms with van der Waals surface area (Å²) in [6.07, 6.45) is 4.91. The Kier molecular flexibility index (Phi) is 6.87. The lowest BCUT2D eigenvalue weighted by molar-refractivity contribution is -0.116. The first-order chi connectivity index (χ1) is 10.8. The summed E-state index contributed by atoms with van der Waals surface area (Å²) in [6, 6.07) is 12.1. The van der Waals surface area contributed by atoms with Gasteiger partial charge in [-0.1, -0.05) is 30.3 Å². The molecule has 1 amide bonds. The number of benzene rings is 1. The molecule has 3 nitrogen and oxygen atoms in total. The lowest BCUT2D eigenvalue weighted by Gasteiger charge is -2.16. The number of aliphatic hydroxyl groups is 1. The Hall–Kier alpha value is -1.91. The van der Waals surface area contributed by atoms with Crippen molar-refractivity contribution in [1.82, 2.24) is 5.32 Å². The minimum atomic E-state index is -0.0815. The van der Waals surface area contributed by atoms with Crippen molar-refractivity contribution in [2.24, 2.45) is 0 Å². The molecule has 0 aliphatic rings. The second-order valence-corrected chi connectivity index (χ2v) is 5.87. The second-order valence-electron chi connectivity index (χ2n) is 5.09. The Bertz CT molecular complexity index is 578. The molecule has 0 radical (unpaired) electrons. The summed E-state index contributed by atoms with van der Waals surface area (Å²) in [5.41, 5.74) is 2.25. The standard InChI is InChI=1S/C18H21NO2S/c20-12-9-17(16-4-2-1-3-5-16)8-11-19-18(21)7-6-15-10-13-22-14-15/h1-7,10,13-14,17,20H,8-9,11-12H2,(H,19,21). The molecule has 1 aromatic carbocycles. The van der Waals surface area contributed by atoms with Crippen LogP contribution < -0.4 is 5.32 Å². The summed E-state index contributed by atoms with van der Waals surface area (Å²) in [6.45, 7) is 0.762. The smallest absolute Gasteiger partial charge is 0.243 e. The fourth-order valence-corrected chi connectivity index (χ4v) is 2.96. The molecule has 116 valence electrons. The van der Waals surface area contributed by atoms with E-state index in [0.717, 1.165) is 12.0 Å². The quantitative estimate of drug-likeness (QED) is 0.733. The zero-order valence-corrected chi connectivity index (χ0v) is 13.3. The molecule has 22 heavy (non-hydrogen) atoms. The number of amides is 1. The molecule has 0 aliphatic heterocycles. The summed E-state index contributed by atoms with van der Waals surface area (Å²) < 4.78 is 0. The molecule has 1 heterocycles. The van der Waals surface area contributed by atoms with Gasteiger partial charge in [-0.3, -0.25) is 4.79 Å². The summed E-state index contributed by atoms with van der Waals surface area (Å²) in [5.74, 6) is 0.189. The highest BCUT2D eigenvalue weighted by Gasteiger charge is 2.10. The van der Waals surface area contributed by atoms with Crippen molar-refractivity contribution in [3.8, 4) is 0 Å². The zero-order valence-electron chi connectivity index (χ0n) is 12.4. The number of nitrogens with one attached hydrogen (secondary N) is 1. The maximum absolute atomic E-state index is 11.8. The van der Waals surface area contributed by atoms with Crippen LogP contribution in [0.5, 0.6) is 0 Å². The SMILES string of the molecule is O=C(C=Cc1ccsc1)NCCC(CCO)c1ccccc1. The molecule has 0 fully saturated rings. The van der Waals surface area contributed by atoms with Crippen LogP contribution in [-0.2, 0) is 4.79 Å². The molecule has 2 aromatic rings. The van der Waals surface area contributed by atoms with Crippen molar-refractivity contribution >= 4 is 23.3 Å². The molecule has 1 atom stereocenters. The van der Waals surface area contributed by atoms with Gasteiger partial charge in [0.05, 0.1) is 0 Å². The van der Waals surface area contributed by atoms with Crippen LogP contribution in [0.3, 0.4) is 0 Å². The normalized spacial score (nSPS) is 12.4. The molecule has 2 N–H and O–H groups in total. The van der Waals surface area contributed by atoms with Crippen molar-refractivity contribution in [1.29, 1.82) is 0 Å². The van der Waals surface area contributed by atoms with E-state index >= 15 is 0 Å². The molecule has 1 aromatic heterocycles. The van der Waals surface area contributed by atoms with Gasteiger partial charge in [-0.2, -0.15) is 11.3 Å². The monoisotopic (exact) mass is 315 g/mol. The molecule has 2 rings (SSSR count). The Morgan fingerprint density at radius 2 is 2.05 bits per heavy atom. The highest BCUT2D eigenvalue weighted by Crippen LogP contribution is 2.22. The summed E-state index contributed by atoms with van der Waals surface area (Å²) in [7, 11) is 0. The summed E-state index contributed by atoms with van der Waals surface area (Å²) in [5, 5.41) is 16.1. The Balaban J connectivity index is 1.79. The van der Waals surface area contributed by atoms with Crippen LogP contribution in [0.2, 0.25) is 0 Å². The van der Waals surface area contributed by atoms with Crippen LogP contribution in [-0.4, -0.2) is 24.2 Å². The lowest BCUT2D eigenvalue weighted by atomic mass is 9.93. The number of carbonyl (C=O) groups excluding carboxylic acids is 1. The van der Waals surface area contributed by atoms with Crippen molar-refractivity contribution in [2.75, 3.05) is 13.2 Å². The van der Waals surface area contributed by atoms with E-state index in [-0.39, 0.29) is 18.4 Å². The van der Waals surface area contributed by atoms with Gasteiger partial charge < -0.3 is 10.4 Å². The van der Waals surface area contributed by atoms with Crippen LogP contribution in [0.15, 0.2) is 53.2 Å². The molecule has 0 aliphatic carbocycles. The number of aliphatic hydroxyl groups excluding tert-OH is 1. The van der Waals surface area contributed by atoms with Crippen LogP contribution in [0.4, 0.5) is 0 Å². The minimum absolute atomic E-state index is 0.0815. The lowest BCUT2D eigenvalue weighted by Crippen LogP contribution is -2.23. The van der Waals surface area contributed by atoms with Gasteiger partial charge in [0.25, 0.3) is 0 Å². The summed E-state index contributed by atoms with van der Waals surface area (Å²) in [4.78, 5) is 11.8. The van der Waals surface area contributed by atoms with Crippen molar-refractivity contribution in [3.63, 3.8) is 0 Å². The number of thiophene rings is 1. The van der Waals surface area contributed by atoms with E-state index < -0.39 is 0 Å². The maximum Gasteiger partial charge on any atom is 0.243 e. The third-order valence-corrected chi connectivity index (χ3v) is 4.21. The number of carbonyl (C=O) groups is 1. The fourth-order valence-electron chi connectivity index (χ4n) is 2.33. The van der Waals surface area contributed by atoms with E-state index in [0.29, 0.717) is 13.0 Å². The predicted octanol–water partition coefficient (Wildman–Crippen LogP) is 3.43. The second kappa shape index (κ2) is 9.18. The van der Waals surface area contributed by atoms with Gasteiger partial charge in [-0.15, -0.1) is 0 Å². The first kappa shape index (κ1) is 16.5. The molecular formula is C18H21NO2S. The van der Waals surface area contributed by atoms with Crippen molar-refractivity contribution in [2.45, 2.75) is 18.8 Å². The van der Waals surface area contributed by atoms with Gasteiger partial charge in [-0.05, 0) is 52.8 Å². The third-order valence-electron chi connectivity index (χ3n) is 3.51. The Morgan fingerprint density at radius 1 is 1.23 bits per heavy atom. The molecule has 4 heteroatoms. The number of rotatable bonds is 8. The van der Waals surface area contributed by atoms with E-state index in [9.17, 15) is 9.90 Å². The maximum atomic E-state index is 11.8. The topological polar surface area (TPSA) is 49.3 Å². The average molecular weight is 315 g/mol. The van der Waals surface area contributed by atoms with E-state index in [1.54, 1.807) is 17.4 Å². The van der Waals surface area contributed by atoms with E-state index in [4.69, 9.17) is 0 Å². The van der Waals surface area contributed by atoms with Gasteiger partial charge in [-0.25, -0.2) is 0 Å². The van der Waals surface area contributed by atoms with Gasteiger partial charge >= 0.3 is 0 Å². The van der Waals surface area contributed by atoms with Gasteiger partial charge in [0.1, 0.15) is 0 Å². The van der Waals surface area contributed by atoms with Crippen LogP contribution in [0.25, 0.3) is 6.08 Å². The molecule has 0 bridgehead atoms. The van der Waals surface area contributed by atoms with Crippen molar-refractivity contribution < 1.29 is 9.90 Å².